The van der Waals surface area contributed by atoms with Crippen LogP contribution in [0.1, 0.15) is 31.8 Å². The molecule has 2 aromatic rings. The maximum absolute atomic E-state index is 10.4. The van der Waals surface area contributed by atoms with Gasteiger partial charge in [0.2, 0.25) is 0 Å². The lowest BCUT2D eigenvalue weighted by Gasteiger charge is -2.02. The van der Waals surface area contributed by atoms with Crippen LogP contribution >= 0.6 is 0 Å². The van der Waals surface area contributed by atoms with Gasteiger partial charge in [0.05, 0.1) is 0 Å². The van der Waals surface area contributed by atoms with Gasteiger partial charge in [-0.1, -0.05) is 12.1 Å². The summed E-state index contributed by atoms with van der Waals surface area (Å²) >= 11 is 0. The van der Waals surface area contributed by atoms with E-state index in [9.17, 15) is 14.7 Å². The van der Waals surface area contributed by atoms with Crippen LogP contribution in [0.5, 0.6) is 17.2 Å². The third-order valence-corrected chi connectivity index (χ3v) is 3.01. The second-order valence-electron chi connectivity index (χ2n) is 4.74. The number of benzene rings is 2. The number of phenols is 3. The number of hydrogen-bond donors (Lipinski definition) is 5. The molecule has 0 spiro atoms. The van der Waals surface area contributed by atoms with Crippen molar-refractivity contribution in [3.63, 3.8) is 0 Å². The van der Waals surface area contributed by atoms with Gasteiger partial charge in [0.1, 0.15) is 28.4 Å². The number of para-hydroxylation sites is 1. The lowest BCUT2D eigenvalue weighted by molar-refractivity contribution is 0.0682. The maximum Gasteiger partial charge on any atom is 0.339 e. The Morgan fingerprint density at radius 1 is 0.783 bits per heavy atom. The molecule has 0 aliphatic rings. The molecule has 0 unspecified atom stereocenters. The van der Waals surface area contributed by atoms with Crippen LogP contribution in [0.15, 0.2) is 30.3 Å². The van der Waals surface area contributed by atoms with Crippen molar-refractivity contribution < 1.29 is 35.1 Å². The third-order valence-electron chi connectivity index (χ3n) is 3.01. The van der Waals surface area contributed by atoms with E-state index in [1.807, 2.05) is 0 Å². The summed E-state index contributed by atoms with van der Waals surface area (Å²) in [6.45, 7) is 3.21. The summed E-state index contributed by atoms with van der Waals surface area (Å²) in [5.74, 6) is -3.01. The van der Waals surface area contributed by atoms with Crippen LogP contribution in [0.2, 0.25) is 0 Å². The Morgan fingerprint density at radius 3 is 1.83 bits per heavy atom. The van der Waals surface area contributed by atoms with Gasteiger partial charge in [0, 0.05) is 6.07 Å². The fourth-order valence-electron chi connectivity index (χ4n) is 1.69. The van der Waals surface area contributed by atoms with E-state index in [2.05, 4.69) is 0 Å². The Kier molecular flexibility index (Phi) is 5.56. The molecule has 0 amide bonds. The van der Waals surface area contributed by atoms with E-state index in [0.717, 1.165) is 6.07 Å². The number of aromatic carboxylic acids is 2. The first-order chi connectivity index (χ1) is 10.6. The van der Waals surface area contributed by atoms with E-state index in [4.69, 9.17) is 20.4 Å². The normalized spacial score (nSPS) is 9.65. The third kappa shape index (κ3) is 4.37. The van der Waals surface area contributed by atoms with Gasteiger partial charge in [-0.15, -0.1) is 0 Å². The van der Waals surface area contributed by atoms with E-state index in [-0.39, 0.29) is 22.6 Å². The predicted molar refractivity (Wildman–Crippen MR) is 81.3 cm³/mol. The Labute approximate surface area is 131 Å². The van der Waals surface area contributed by atoms with E-state index < -0.39 is 17.7 Å². The molecule has 0 atom stereocenters. The highest BCUT2D eigenvalue weighted by atomic mass is 16.4. The summed E-state index contributed by atoms with van der Waals surface area (Å²) in [7, 11) is 0. The van der Waals surface area contributed by atoms with Crippen LogP contribution < -0.4 is 0 Å². The van der Waals surface area contributed by atoms with Crippen molar-refractivity contribution >= 4 is 11.9 Å². The topological polar surface area (TPSA) is 135 Å². The summed E-state index contributed by atoms with van der Waals surface area (Å²) in [4.78, 5) is 20.9. The molecule has 0 aliphatic carbocycles. The zero-order valence-electron chi connectivity index (χ0n) is 12.4. The molecule has 0 saturated carbocycles. The van der Waals surface area contributed by atoms with Crippen molar-refractivity contribution in [1.29, 1.82) is 0 Å². The van der Waals surface area contributed by atoms with Gasteiger partial charge >= 0.3 is 11.9 Å². The van der Waals surface area contributed by atoms with Gasteiger partial charge in [-0.2, -0.15) is 0 Å². The number of carboxylic acid groups (broad SMARTS) is 2. The summed E-state index contributed by atoms with van der Waals surface area (Å²) in [6, 6.07) is 6.84. The highest BCUT2D eigenvalue weighted by Crippen LogP contribution is 2.26. The lowest BCUT2D eigenvalue weighted by atomic mass is 10.1. The summed E-state index contributed by atoms with van der Waals surface area (Å²) in [5.41, 5.74) is 0.741. The molecular formula is C16H16O7. The van der Waals surface area contributed by atoms with Gasteiger partial charge in [0.15, 0.2) is 0 Å². The highest BCUT2D eigenvalue weighted by molar-refractivity contribution is 5.91. The van der Waals surface area contributed by atoms with Gasteiger partial charge < -0.3 is 25.5 Å². The van der Waals surface area contributed by atoms with E-state index in [1.54, 1.807) is 26.0 Å². The van der Waals surface area contributed by atoms with Crippen LogP contribution in [-0.2, 0) is 0 Å². The molecular weight excluding hydrogens is 304 g/mol. The summed E-state index contributed by atoms with van der Waals surface area (Å²) in [6.07, 6.45) is 0. The first-order valence-corrected chi connectivity index (χ1v) is 6.42. The van der Waals surface area contributed by atoms with Crippen LogP contribution in [0.4, 0.5) is 0 Å². The lowest BCUT2D eigenvalue weighted by Crippen LogP contribution is -1.97. The van der Waals surface area contributed by atoms with Gasteiger partial charge in [-0.05, 0) is 37.1 Å². The molecule has 122 valence electrons. The quantitative estimate of drug-likeness (QED) is 0.573. The Morgan fingerprint density at radius 2 is 1.35 bits per heavy atom. The van der Waals surface area contributed by atoms with E-state index in [1.165, 1.54) is 12.1 Å². The largest absolute Gasteiger partial charge is 0.508 e. The number of rotatable bonds is 2. The van der Waals surface area contributed by atoms with Gasteiger partial charge in [0.25, 0.3) is 0 Å². The second-order valence-corrected chi connectivity index (χ2v) is 4.74. The molecule has 0 heterocycles. The molecule has 2 rings (SSSR count). The first-order valence-electron chi connectivity index (χ1n) is 6.42. The zero-order valence-corrected chi connectivity index (χ0v) is 12.4. The van der Waals surface area contributed by atoms with Crippen molar-refractivity contribution in [2.45, 2.75) is 13.8 Å². The molecule has 0 bridgehead atoms. The van der Waals surface area contributed by atoms with Crippen LogP contribution in [-0.4, -0.2) is 37.5 Å². The van der Waals surface area contributed by atoms with Crippen molar-refractivity contribution in [3.05, 3.63) is 52.6 Å². The van der Waals surface area contributed by atoms with E-state index in [0.29, 0.717) is 11.1 Å². The minimum Gasteiger partial charge on any atom is -0.508 e. The van der Waals surface area contributed by atoms with Crippen LogP contribution in [0, 0.1) is 13.8 Å². The summed E-state index contributed by atoms with van der Waals surface area (Å²) in [5, 5.41) is 44.4. The molecule has 7 heteroatoms. The van der Waals surface area contributed by atoms with E-state index >= 15 is 0 Å². The molecule has 5 N–H and O–H groups in total. The second kappa shape index (κ2) is 7.17. The average Bonchev–Trinajstić information content (AvgIpc) is 2.46. The molecule has 0 saturated heterocycles. The SMILES string of the molecule is Cc1cc(C(=O)O)c(O)cc1O.Cc1cccc(C(=O)O)c1O. The molecule has 0 aromatic heterocycles. The number of phenolic OH excluding ortho intramolecular Hbond substituents is 1. The Hall–Kier alpha value is -3.22. The van der Waals surface area contributed by atoms with Crippen LogP contribution in [0.25, 0.3) is 0 Å². The average molecular weight is 320 g/mol. The highest BCUT2D eigenvalue weighted by Gasteiger charge is 2.11. The number of aryl methyl sites for hydroxylation is 2. The number of hydrogen-bond acceptors (Lipinski definition) is 5. The number of aromatic hydroxyl groups is 3. The zero-order chi connectivity index (χ0) is 17.7. The van der Waals surface area contributed by atoms with Crippen molar-refractivity contribution in [3.8, 4) is 17.2 Å². The minimum absolute atomic E-state index is 0.0509. The molecule has 7 nitrogen and oxygen atoms in total. The standard InChI is InChI=1S/C8H8O4.C8H8O3/c1-4-2-5(8(11)12)7(10)3-6(4)9;1-5-3-2-4-6(7(5)9)8(10)11/h2-3,9-10H,1H3,(H,11,12);2-4,9H,1H3,(H,10,11). The fourth-order valence-corrected chi connectivity index (χ4v) is 1.69. The minimum atomic E-state index is -1.21. The van der Waals surface area contributed by atoms with Crippen molar-refractivity contribution in [1.82, 2.24) is 0 Å². The number of carbonyl (C=O) groups is 2. The molecule has 0 fully saturated rings. The molecule has 0 radical (unpaired) electrons. The summed E-state index contributed by atoms with van der Waals surface area (Å²) < 4.78 is 0. The first kappa shape index (κ1) is 17.8. The van der Waals surface area contributed by atoms with Crippen molar-refractivity contribution in [2.24, 2.45) is 0 Å². The predicted octanol–water partition coefficient (Wildman–Crippen LogP) is 2.50. The Balaban J connectivity index is 0.000000231. The van der Waals surface area contributed by atoms with Crippen LogP contribution in [0.3, 0.4) is 0 Å². The molecule has 0 aliphatic heterocycles. The maximum atomic E-state index is 10.4. The van der Waals surface area contributed by atoms with Gasteiger partial charge in [-0.3, -0.25) is 0 Å². The van der Waals surface area contributed by atoms with Crippen molar-refractivity contribution in [2.75, 3.05) is 0 Å². The monoisotopic (exact) mass is 320 g/mol. The molecule has 23 heavy (non-hydrogen) atoms. The van der Waals surface area contributed by atoms with Gasteiger partial charge in [-0.25, -0.2) is 9.59 Å². The smallest absolute Gasteiger partial charge is 0.339 e. The Bertz CT molecular complexity index is 750. The molecule has 2 aromatic carbocycles. The fraction of sp³-hybridized carbons (Fsp3) is 0.125. The number of carboxylic acids is 2.